The Bertz CT molecular complexity index is 437. The van der Waals surface area contributed by atoms with Crippen molar-refractivity contribution in [3.63, 3.8) is 0 Å². The number of anilines is 1. The smallest absolute Gasteiger partial charge is 0.162 e. The molecule has 0 atom stereocenters. The Labute approximate surface area is 101 Å². The highest BCUT2D eigenvalue weighted by Crippen LogP contribution is 2.43. The van der Waals surface area contributed by atoms with Crippen LogP contribution in [0.15, 0.2) is 0 Å². The summed E-state index contributed by atoms with van der Waals surface area (Å²) in [6, 6.07) is 0. The average molecular weight is 234 g/mol. The van der Waals surface area contributed by atoms with Gasteiger partial charge < -0.3 is 10.2 Å². The van der Waals surface area contributed by atoms with Gasteiger partial charge in [-0.3, -0.25) is 0 Å². The van der Waals surface area contributed by atoms with Gasteiger partial charge in [-0.1, -0.05) is 0 Å². The second-order valence-electron chi connectivity index (χ2n) is 4.87. The molecule has 5 heteroatoms. The van der Waals surface area contributed by atoms with Crippen molar-refractivity contribution in [2.75, 3.05) is 12.5 Å². The van der Waals surface area contributed by atoms with Gasteiger partial charge in [0, 0.05) is 18.4 Å². The first-order valence-corrected chi connectivity index (χ1v) is 6.21. The number of nitrogens with two attached hydrogens (primary N) is 1. The highest BCUT2D eigenvalue weighted by atomic mass is 16.5. The number of ether oxygens (including phenoxy) is 1. The molecule has 1 aromatic rings. The van der Waals surface area contributed by atoms with E-state index in [1.54, 1.807) is 7.11 Å². The molecule has 1 aromatic heterocycles. The number of nitrogens with one attached hydrogen (secondary N) is 1. The molecule has 0 aliphatic heterocycles. The van der Waals surface area contributed by atoms with Gasteiger partial charge in [0.1, 0.15) is 11.4 Å². The number of fused-ring (bicyclic) bond motifs is 1. The van der Waals surface area contributed by atoms with Gasteiger partial charge in [-0.25, -0.2) is 15.8 Å². The van der Waals surface area contributed by atoms with Crippen LogP contribution in [-0.4, -0.2) is 17.1 Å². The van der Waals surface area contributed by atoms with Crippen LogP contribution in [0.5, 0.6) is 0 Å². The van der Waals surface area contributed by atoms with Crippen molar-refractivity contribution in [2.45, 2.75) is 44.1 Å². The second-order valence-corrected chi connectivity index (χ2v) is 4.87. The topological polar surface area (TPSA) is 73.1 Å². The number of nitrogens with zero attached hydrogens (tertiary/aromatic N) is 2. The largest absolute Gasteiger partial charge is 0.370 e. The van der Waals surface area contributed by atoms with E-state index >= 15 is 0 Å². The van der Waals surface area contributed by atoms with Crippen LogP contribution in [0.3, 0.4) is 0 Å². The van der Waals surface area contributed by atoms with Crippen molar-refractivity contribution in [3.05, 3.63) is 17.1 Å². The van der Waals surface area contributed by atoms with E-state index in [0.717, 1.165) is 49.4 Å². The summed E-state index contributed by atoms with van der Waals surface area (Å²) >= 11 is 0. The minimum Gasteiger partial charge on any atom is -0.370 e. The number of methoxy groups -OCH3 is 1. The summed E-state index contributed by atoms with van der Waals surface area (Å²) in [6.07, 6.45) is 6.38. The summed E-state index contributed by atoms with van der Waals surface area (Å²) in [4.78, 5) is 9.25. The van der Waals surface area contributed by atoms with Crippen LogP contribution in [0.25, 0.3) is 0 Å². The summed E-state index contributed by atoms with van der Waals surface area (Å²) in [5.41, 5.74) is 4.77. The monoisotopic (exact) mass is 234 g/mol. The molecule has 1 fully saturated rings. The molecule has 0 unspecified atom stereocenters. The molecular formula is C12H18N4O. The zero-order valence-corrected chi connectivity index (χ0v) is 10.1. The molecule has 5 nitrogen and oxygen atoms in total. The van der Waals surface area contributed by atoms with Crippen molar-refractivity contribution in [1.29, 1.82) is 0 Å². The molecule has 0 bridgehead atoms. The van der Waals surface area contributed by atoms with Crippen molar-refractivity contribution in [1.82, 2.24) is 9.97 Å². The van der Waals surface area contributed by atoms with E-state index in [4.69, 9.17) is 15.6 Å². The van der Waals surface area contributed by atoms with Crippen LogP contribution in [0, 0.1) is 0 Å². The highest BCUT2D eigenvalue weighted by Gasteiger charge is 2.42. The Kier molecular flexibility index (Phi) is 2.52. The molecule has 0 spiro atoms. The van der Waals surface area contributed by atoms with Gasteiger partial charge in [-0.2, -0.15) is 0 Å². The predicted molar refractivity (Wildman–Crippen MR) is 64.4 cm³/mol. The number of hydrogen-bond acceptors (Lipinski definition) is 5. The van der Waals surface area contributed by atoms with Gasteiger partial charge in [0.2, 0.25) is 0 Å². The number of hydrogen-bond donors (Lipinski definition) is 2. The van der Waals surface area contributed by atoms with E-state index in [1.807, 2.05) is 0 Å². The quantitative estimate of drug-likeness (QED) is 0.608. The normalized spacial score (nSPS) is 20.8. The van der Waals surface area contributed by atoms with Gasteiger partial charge in [0.15, 0.2) is 5.82 Å². The Morgan fingerprint density at radius 2 is 2.06 bits per heavy atom. The Hall–Kier alpha value is -1.20. The third-order valence-corrected chi connectivity index (χ3v) is 4.03. The molecule has 0 saturated heterocycles. The maximum Gasteiger partial charge on any atom is 0.162 e. The zero-order valence-electron chi connectivity index (χ0n) is 10.1. The van der Waals surface area contributed by atoms with E-state index in [1.165, 1.54) is 12.0 Å². The molecule has 3 N–H and O–H groups in total. The number of aromatic nitrogens is 2. The summed E-state index contributed by atoms with van der Waals surface area (Å²) in [7, 11) is 1.74. The number of nitrogen functional groups attached to an aromatic ring is 1. The van der Waals surface area contributed by atoms with Crippen molar-refractivity contribution in [3.8, 4) is 0 Å². The first-order valence-electron chi connectivity index (χ1n) is 6.21. The third kappa shape index (κ3) is 1.53. The lowest BCUT2D eigenvalue weighted by molar-refractivity contribution is -0.0846. The van der Waals surface area contributed by atoms with E-state index in [9.17, 15) is 0 Å². The Balaban J connectivity index is 2.06. The fourth-order valence-electron chi connectivity index (χ4n) is 2.77. The molecule has 0 radical (unpaired) electrons. The third-order valence-electron chi connectivity index (χ3n) is 4.03. The van der Waals surface area contributed by atoms with Gasteiger partial charge in [-0.15, -0.1) is 0 Å². The molecule has 2 aliphatic rings. The fourth-order valence-corrected chi connectivity index (χ4v) is 2.77. The molecule has 92 valence electrons. The number of hydrazine groups is 1. The lowest BCUT2D eigenvalue weighted by Crippen LogP contribution is -2.38. The van der Waals surface area contributed by atoms with Crippen LogP contribution in [0.4, 0.5) is 5.82 Å². The van der Waals surface area contributed by atoms with Crippen molar-refractivity contribution < 1.29 is 4.74 Å². The van der Waals surface area contributed by atoms with Crippen LogP contribution in [0.2, 0.25) is 0 Å². The van der Waals surface area contributed by atoms with Gasteiger partial charge in [-0.05, 0) is 38.5 Å². The van der Waals surface area contributed by atoms with Crippen molar-refractivity contribution >= 4 is 5.82 Å². The Morgan fingerprint density at radius 3 is 2.65 bits per heavy atom. The molecule has 0 amide bonds. The summed E-state index contributed by atoms with van der Waals surface area (Å²) in [6.45, 7) is 0. The van der Waals surface area contributed by atoms with Crippen molar-refractivity contribution in [2.24, 2.45) is 5.84 Å². The van der Waals surface area contributed by atoms with Gasteiger partial charge in [0.25, 0.3) is 0 Å². The lowest BCUT2D eigenvalue weighted by Gasteiger charge is -2.39. The van der Waals surface area contributed by atoms with E-state index < -0.39 is 0 Å². The standard InChI is InChI=1S/C12H18N4O/c1-17-12(6-3-7-12)11-14-9-5-2-4-8(9)10(15-11)16-13/h2-7,13H2,1H3,(H,14,15,16). The molecule has 17 heavy (non-hydrogen) atoms. The summed E-state index contributed by atoms with van der Waals surface area (Å²) in [5.74, 6) is 7.14. The van der Waals surface area contributed by atoms with E-state index in [2.05, 4.69) is 10.4 Å². The minimum atomic E-state index is -0.261. The molecule has 3 rings (SSSR count). The number of aryl methyl sites for hydroxylation is 1. The minimum absolute atomic E-state index is 0.261. The lowest BCUT2D eigenvalue weighted by atomic mass is 9.79. The first kappa shape index (κ1) is 10.9. The van der Waals surface area contributed by atoms with Crippen LogP contribution >= 0.6 is 0 Å². The molecule has 1 saturated carbocycles. The maximum absolute atomic E-state index is 5.63. The summed E-state index contributed by atoms with van der Waals surface area (Å²) < 4.78 is 5.63. The second kappa shape index (κ2) is 3.92. The predicted octanol–water partition coefficient (Wildman–Crippen LogP) is 1.28. The van der Waals surface area contributed by atoms with Crippen LogP contribution in [-0.2, 0) is 23.2 Å². The molecule has 1 heterocycles. The highest BCUT2D eigenvalue weighted by molar-refractivity contribution is 5.48. The van der Waals surface area contributed by atoms with Crippen LogP contribution < -0.4 is 11.3 Å². The van der Waals surface area contributed by atoms with E-state index in [-0.39, 0.29) is 5.60 Å². The zero-order chi connectivity index (χ0) is 11.9. The average Bonchev–Trinajstić information content (AvgIpc) is 2.75. The van der Waals surface area contributed by atoms with E-state index in [0.29, 0.717) is 0 Å². The SMILES string of the molecule is COC1(c2nc3c(c(NN)n2)CCC3)CCC1. The van der Waals surface area contributed by atoms with Gasteiger partial charge in [0.05, 0.1) is 0 Å². The van der Waals surface area contributed by atoms with Gasteiger partial charge >= 0.3 is 0 Å². The molecule has 2 aliphatic carbocycles. The maximum atomic E-state index is 5.63. The van der Waals surface area contributed by atoms with Crippen LogP contribution in [0.1, 0.15) is 42.8 Å². The molecule has 0 aromatic carbocycles. The summed E-state index contributed by atoms with van der Waals surface area (Å²) in [5, 5.41) is 0. The fraction of sp³-hybridized carbons (Fsp3) is 0.667. The number of rotatable bonds is 3. The molecular weight excluding hydrogens is 216 g/mol. The first-order chi connectivity index (χ1) is 8.29. The Morgan fingerprint density at radius 1 is 1.24 bits per heavy atom.